The standard InChI is InChI=1S/C11H14F3NO/c1-7(2)16-10-4-3-9(11(12,13)14)5-8(10)6-15/h3-5,7H,6,15H2,1-2H3. The zero-order valence-corrected chi connectivity index (χ0v) is 9.14. The van der Waals surface area contributed by atoms with E-state index in [2.05, 4.69) is 0 Å². The molecule has 0 heterocycles. The van der Waals surface area contributed by atoms with Gasteiger partial charge in [0.05, 0.1) is 11.7 Å². The molecule has 0 amide bonds. The molecule has 0 bridgehead atoms. The van der Waals surface area contributed by atoms with Crippen LogP contribution in [0.1, 0.15) is 25.0 Å². The van der Waals surface area contributed by atoms with Crippen molar-refractivity contribution >= 4 is 0 Å². The van der Waals surface area contributed by atoms with E-state index in [1.807, 2.05) is 0 Å². The van der Waals surface area contributed by atoms with Crippen LogP contribution in [0.5, 0.6) is 5.75 Å². The van der Waals surface area contributed by atoms with Crippen molar-refractivity contribution in [2.75, 3.05) is 0 Å². The molecule has 0 aromatic heterocycles. The maximum atomic E-state index is 12.4. The lowest BCUT2D eigenvalue weighted by Gasteiger charge is -2.15. The minimum atomic E-state index is -4.35. The van der Waals surface area contributed by atoms with Gasteiger partial charge < -0.3 is 10.5 Å². The van der Waals surface area contributed by atoms with E-state index in [1.165, 1.54) is 6.07 Å². The molecule has 0 fully saturated rings. The molecule has 0 saturated carbocycles. The molecule has 0 aliphatic rings. The Balaban J connectivity index is 3.07. The highest BCUT2D eigenvalue weighted by Crippen LogP contribution is 2.32. The van der Waals surface area contributed by atoms with Crippen LogP contribution in [0.3, 0.4) is 0 Å². The van der Waals surface area contributed by atoms with E-state index in [9.17, 15) is 13.2 Å². The van der Waals surface area contributed by atoms with Crippen molar-refractivity contribution < 1.29 is 17.9 Å². The summed E-state index contributed by atoms with van der Waals surface area (Å²) in [4.78, 5) is 0. The summed E-state index contributed by atoms with van der Waals surface area (Å²) >= 11 is 0. The van der Waals surface area contributed by atoms with Gasteiger partial charge in [0.1, 0.15) is 5.75 Å². The Bertz CT molecular complexity index is 361. The van der Waals surface area contributed by atoms with Gasteiger partial charge in [-0.25, -0.2) is 0 Å². The molecule has 90 valence electrons. The quantitative estimate of drug-likeness (QED) is 0.871. The first-order valence-corrected chi connectivity index (χ1v) is 4.91. The first-order chi connectivity index (χ1) is 7.34. The SMILES string of the molecule is CC(C)Oc1ccc(C(F)(F)F)cc1CN. The van der Waals surface area contributed by atoms with Crippen molar-refractivity contribution in [2.24, 2.45) is 5.73 Å². The number of alkyl halides is 3. The van der Waals surface area contributed by atoms with E-state index >= 15 is 0 Å². The van der Waals surface area contributed by atoms with Crippen molar-refractivity contribution in [3.63, 3.8) is 0 Å². The number of benzene rings is 1. The maximum Gasteiger partial charge on any atom is 0.416 e. The van der Waals surface area contributed by atoms with Crippen LogP contribution in [0.2, 0.25) is 0 Å². The van der Waals surface area contributed by atoms with Crippen molar-refractivity contribution in [3.8, 4) is 5.75 Å². The van der Waals surface area contributed by atoms with E-state index in [0.717, 1.165) is 12.1 Å². The van der Waals surface area contributed by atoms with Crippen molar-refractivity contribution in [2.45, 2.75) is 32.7 Å². The Morgan fingerprint density at radius 2 is 1.94 bits per heavy atom. The van der Waals surface area contributed by atoms with Crippen LogP contribution in [0.4, 0.5) is 13.2 Å². The molecule has 0 aliphatic carbocycles. The number of halogens is 3. The normalized spacial score (nSPS) is 11.9. The number of hydrogen-bond acceptors (Lipinski definition) is 2. The van der Waals surface area contributed by atoms with Gasteiger partial charge in [0, 0.05) is 12.1 Å². The summed E-state index contributed by atoms with van der Waals surface area (Å²) in [6, 6.07) is 3.33. The van der Waals surface area contributed by atoms with Crippen LogP contribution in [-0.2, 0) is 12.7 Å². The second-order valence-electron chi connectivity index (χ2n) is 3.69. The summed E-state index contributed by atoms with van der Waals surface area (Å²) in [6.07, 6.45) is -4.44. The second kappa shape index (κ2) is 4.74. The lowest BCUT2D eigenvalue weighted by atomic mass is 10.1. The first-order valence-electron chi connectivity index (χ1n) is 4.91. The Labute approximate surface area is 92.2 Å². The van der Waals surface area contributed by atoms with E-state index in [4.69, 9.17) is 10.5 Å². The monoisotopic (exact) mass is 233 g/mol. The molecule has 2 N–H and O–H groups in total. The van der Waals surface area contributed by atoms with Crippen molar-refractivity contribution in [1.29, 1.82) is 0 Å². The predicted octanol–water partition coefficient (Wildman–Crippen LogP) is 2.95. The van der Waals surface area contributed by atoms with E-state index in [0.29, 0.717) is 11.3 Å². The Kier molecular flexibility index (Phi) is 3.80. The molecule has 0 radical (unpaired) electrons. The topological polar surface area (TPSA) is 35.2 Å². The third-order valence-electron chi connectivity index (χ3n) is 1.97. The van der Waals surface area contributed by atoms with Gasteiger partial charge in [0.2, 0.25) is 0 Å². The Morgan fingerprint density at radius 1 is 1.31 bits per heavy atom. The fraction of sp³-hybridized carbons (Fsp3) is 0.455. The number of ether oxygens (including phenoxy) is 1. The molecule has 1 rings (SSSR count). The van der Waals surface area contributed by atoms with Crippen molar-refractivity contribution in [3.05, 3.63) is 29.3 Å². The fourth-order valence-electron chi connectivity index (χ4n) is 1.28. The minimum absolute atomic E-state index is 0.0198. The minimum Gasteiger partial charge on any atom is -0.491 e. The van der Waals surface area contributed by atoms with Gasteiger partial charge in [0.25, 0.3) is 0 Å². The van der Waals surface area contributed by atoms with Crippen molar-refractivity contribution in [1.82, 2.24) is 0 Å². The Morgan fingerprint density at radius 3 is 2.38 bits per heavy atom. The first kappa shape index (κ1) is 12.8. The van der Waals surface area contributed by atoms with Gasteiger partial charge in [0.15, 0.2) is 0 Å². The largest absolute Gasteiger partial charge is 0.491 e. The van der Waals surface area contributed by atoms with Gasteiger partial charge in [-0.2, -0.15) is 13.2 Å². The Hall–Kier alpha value is -1.23. The molecular weight excluding hydrogens is 219 g/mol. The van der Waals surface area contributed by atoms with Gasteiger partial charge in [-0.1, -0.05) is 0 Å². The molecular formula is C11H14F3NO. The summed E-state index contributed by atoms with van der Waals surface area (Å²) in [5.74, 6) is 0.408. The molecule has 5 heteroatoms. The van der Waals surface area contributed by atoms with E-state index in [-0.39, 0.29) is 12.6 Å². The fourth-order valence-corrected chi connectivity index (χ4v) is 1.28. The molecule has 0 aliphatic heterocycles. The highest BCUT2D eigenvalue weighted by Gasteiger charge is 2.31. The smallest absolute Gasteiger partial charge is 0.416 e. The van der Waals surface area contributed by atoms with Crippen LogP contribution in [0.15, 0.2) is 18.2 Å². The number of rotatable bonds is 3. The highest BCUT2D eigenvalue weighted by molar-refractivity contribution is 5.38. The summed E-state index contributed by atoms with van der Waals surface area (Å²) < 4.78 is 42.6. The van der Waals surface area contributed by atoms with Crippen LogP contribution >= 0.6 is 0 Å². The van der Waals surface area contributed by atoms with Crippen LogP contribution in [0, 0.1) is 0 Å². The predicted molar refractivity (Wildman–Crippen MR) is 55.1 cm³/mol. The third kappa shape index (κ3) is 3.13. The highest BCUT2D eigenvalue weighted by atomic mass is 19.4. The van der Waals surface area contributed by atoms with Crippen LogP contribution in [0.25, 0.3) is 0 Å². The van der Waals surface area contributed by atoms with Gasteiger partial charge in [-0.15, -0.1) is 0 Å². The summed E-state index contributed by atoms with van der Waals surface area (Å²) in [7, 11) is 0. The summed E-state index contributed by atoms with van der Waals surface area (Å²) in [5, 5.41) is 0. The van der Waals surface area contributed by atoms with Crippen LogP contribution < -0.4 is 10.5 Å². The van der Waals surface area contributed by atoms with Gasteiger partial charge in [-0.3, -0.25) is 0 Å². The molecule has 0 saturated heterocycles. The van der Waals surface area contributed by atoms with Gasteiger partial charge in [-0.05, 0) is 32.0 Å². The molecule has 1 aromatic rings. The molecule has 0 unspecified atom stereocenters. The second-order valence-corrected chi connectivity index (χ2v) is 3.69. The lowest BCUT2D eigenvalue weighted by molar-refractivity contribution is -0.137. The number of hydrogen-bond donors (Lipinski definition) is 1. The third-order valence-corrected chi connectivity index (χ3v) is 1.97. The molecule has 0 atom stereocenters. The average molecular weight is 233 g/mol. The molecule has 0 spiro atoms. The molecule has 1 aromatic carbocycles. The zero-order valence-electron chi connectivity index (χ0n) is 9.14. The van der Waals surface area contributed by atoms with E-state index in [1.54, 1.807) is 13.8 Å². The zero-order chi connectivity index (χ0) is 12.3. The molecule has 16 heavy (non-hydrogen) atoms. The average Bonchev–Trinajstić information content (AvgIpc) is 2.15. The summed E-state index contributed by atoms with van der Waals surface area (Å²) in [5.41, 5.74) is 5.05. The lowest BCUT2D eigenvalue weighted by Crippen LogP contribution is -2.12. The van der Waals surface area contributed by atoms with Crippen LogP contribution in [-0.4, -0.2) is 6.10 Å². The van der Waals surface area contributed by atoms with E-state index < -0.39 is 11.7 Å². The van der Waals surface area contributed by atoms with Gasteiger partial charge >= 0.3 is 6.18 Å². The maximum absolute atomic E-state index is 12.4. The number of nitrogens with two attached hydrogens (primary N) is 1. The molecule has 2 nitrogen and oxygen atoms in total. The summed E-state index contributed by atoms with van der Waals surface area (Å²) in [6.45, 7) is 3.63.